The average Bonchev–Trinajstić information content (AvgIpc) is 3.50. The molecule has 4 aromatic carbocycles. The Morgan fingerprint density at radius 2 is 1.45 bits per heavy atom. The summed E-state index contributed by atoms with van der Waals surface area (Å²) in [5.41, 5.74) is 2.54. The highest BCUT2D eigenvalue weighted by molar-refractivity contribution is 5.93. The second-order valence-electron chi connectivity index (χ2n) is 9.13. The summed E-state index contributed by atoms with van der Waals surface area (Å²) in [4.78, 5) is 23.1. The summed E-state index contributed by atoms with van der Waals surface area (Å²) in [6.07, 6.45) is 0. The molecule has 0 aliphatic rings. The Labute approximate surface area is 241 Å². The lowest BCUT2D eigenvalue weighted by molar-refractivity contribution is -0.384. The lowest BCUT2D eigenvalue weighted by Crippen LogP contribution is -2.21. The van der Waals surface area contributed by atoms with Crippen molar-refractivity contribution in [1.82, 2.24) is 10.5 Å². The molecule has 5 aromatic rings. The van der Waals surface area contributed by atoms with Crippen LogP contribution in [0, 0.1) is 10.1 Å². The number of amides is 1. The quantitative estimate of drug-likeness (QED) is 0.127. The first-order chi connectivity index (χ1) is 20.5. The predicted octanol–water partition coefficient (Wildman–Crippen LogP) is 6.95. The van der Waals surface area contributed by atoms with Crippen LogP contribution in [0.1, 0.15) is 28.6 Å². The standard InChI is InChI=1S/C32H27N3O7/c1-2-33-32(36)30-19-27(34-42-30)31-28(40-21-23-11-7-4-8-12-23)17-26(39-20-22-9-5-3-6-10-22)18-29(31)41-25-15-13-24(14-16-25)35(37)38/h3-19H,2,20-21H2,1H3,(H,33,36). The molecule has 0 saturated heterocycles. The van der Waals surface area contributed by atoms with E-state index >= 15 is 0 Å². The highest BCUT2D eigenvalue weighted by atomic mass is 16.6. The van der Waals surface area contributed by atoms with Gasteiger partial charge in [-0.2, -0.15) is 0 Å². The number of nitro groups is 1. The summed E-state index contributed by atoms with van der Waals surface area (Å²) in [7, 11) is 0. The van der Waals surface area contributed by atoms with Crippen LogP contribution in [0.25, 0.3) is 11.3 Å². The average molecular weight is 566 g/mol. The van der Waals surface area contributed by atoms with Crippen LogP contribution in [0.15, 0.2) is 108 Å². The number of nitrogens with one attached hydrogen (secondary N) is 1. The van der Waals surface area contributed by atoms with Crippen molar-refractivity contribution in [3.8, 4) is 34.3 Å². The molecule has 0 radical (unpaired) electrons. The van der Waals surface area contributed by atoms with Gasteiger partial charge in [-0.25, -0.2) is 0 Å². The van der Waals surface area contributed by atoms with Crippen LogP contribution in [-0.4, -0.2) is 22.5 Å². The molecule has 212 valence electrons. The van der Waals surface area contributed by atoms with E-state index in [1.165, 1.54) is 30.3 Å². The SMILES string of the molecule is CCNC(=O)c1cc(-c2c(OCc3ccccc3)cc(OCc3ccccc3)cc2Oc2ccc([N+](=O)[O-])cc2)no1. The van der Waals surface area contributed by atoms with E-state index in [4.69, 9.17) is 18.7 Å². The molecule has 0 spiro atoms. The van der Waals surface area contributed by atoms with Crippen molar-refractivity contribution in [2.75, 3.05) is 6.54 Å². The molecule has 10 heteroatoms. The molecule has 0 fully saturated rings. The summed E-state index contributed by atoms with van der Waals surface area (Å²) in [5.74, 6) is 1.05. The third kappa shape index (κ3) is 6.92. The maximum Gasteiger partial charge on any atom is 0.289 e. The largest absolute Gasteiger partial charge is 0.489 e. The molecular formula is C32H27N3O7. The molecule has 0 bridgehead atoms. The fourth-order valence-corrected chi connectivity index (χ4v) is 4.08. The third-order valence-electron chi connectivity index (χ3n) is 6.13. The number of hydrogen-bond donors (Lipinski definition) is 1. The van der Waals surface area contributed by atoms with Crippen LogP contribution in [0.5, 0.6) is 23.0 Å². The Morgan fingerprint density at radius 3 is 2.07 bits per heavy atom. The number of carbonyl (C=O) groups excluding carboxylic acids is 1. The summed E-state index contributed by atoms with van der Waals surface area (Å²) < 4.78 is 24.0. The predicted molar refractivity (Wildman–Crippen MR) is 155 cm³/mol. The molecule has 1 amide bonds. The van der Waals surface area contributed by atoms with E-state index in [1.54, 1.807) is 19.1 Å². The molecule has 1 heterocycles. The number of ether oxygens (including phenoxy) is 3. The lowest BCUT2D eigenvalue weighted by atomic mass is 10.1. The smallest absolute Gasteiger partial charge is 0.289 e. The molecule has 0 atom stereocenters. The third-order valence-corrected chi connectivity index (χ3v) is 6.13. The molecule has 10 nitrogen and oxygen atoms in total. The molecule has 0 aliphatic carbocycles. The van der Waals surface area contributed by atoms with Gasteiger partial charge in [0.15, 0.2) is 0 Å². The van der Waals surface area contributed by atoms with E-state index in [9.17, 15) is 14.9 Å². The molecule has 0 saturated carbocycles. The van der Waals surface area contributed by atoms with E-state index in [1.807, 2.05) is 60.7 Å². The minimum atomic E-state index is -0.485. The highest BCUT2D eigenvalue weighted by Crippen LogP contribution is 2.44. The minimum Gasteiger partial charge on any atom is -0.489 e. The Morgan fingerprint density at radius 1 is 0.833 bits per heavy atom. The van der Waals surface area contributed by atoms with Gasteiger partial charge in [0.05, 0.1) is 10.5 Å². The van der Waals surface area contributed by atoms with Gasteiger partial charge in [-0.05, 0) is 30.2 Å². The van der Waals surface area contributed by atoms with Crippen LogP contribution in [-0.2, 0) is 13.2 Å². The van der Waals surface area contributed by atoms with Gasteiger partial charge in [-0.3, -0.25) is 14.9 Å². The van der Waals surface area contributed by atoms with Crippen LogP contribution in [0.2, 0.25) is 0 Å². The molecule has 42 heavy (non-hydrogen) atoms. The van der Waals surface area contributed by atoms with Crippen LogP contribution < -0.4 is 19.5 Å². The topological polar surface area (TPSA) is 126 Å². The number of hydrogen-bond acceptors (Lipinski definition) is 8. The van der Waals surface area contributed by atoms with Crippen molar-refractivity contribution in [1.29, 1.82) is 0 Å². The Kier molecular flexibility index (Phi) is 8.73. The van der Waals surface area contributed by atoms with Gasteiger partial charge in [0, 0.05) is 36.9 Å². The molecule has 1 aromatic heterocycles. The Hall–Kier alpha value is -5.64. The normalized spacial score (nSPS) is 10.6. The molecule has 0 unspecified atom stereocenters. The zero-order valence-electron chi connectivity index (χ0n) is 22.7. The molecular weight excluding hydrogens is 538 g/mol. The number of benzene rings is 4. The van der Waals surface area contributed by atoms with Gasteiger partial charge < -0.3 is 24.1 Å². The van der Waals surface area contributed by atoms with Gasteiger partial charge in [0.2, 0.25) is 5.76 Å². The first-order valence-corrected chi connectivity index (χ1v) is 13.2. The number of nitrogens with zero attached hydrogens (tertiary/aromatic N) is 2. The second-order valence-corrected chi connectivity index (χ2v) is 9.13. The van der Waals surface area contributed by atoms with Crippen LogP contribution in [0.3, 0.4) is 0 Å². The number of aromatic nitrogens is 1. The van der Waals surface area contributed by atoms with Crippen molar-refractivity contribution in [2.45, 2.75) is 20.1 Å². The van der Waals surface area contributed by atoms with E-state index in [2.05, 4.69) is 10.5 Å². The van der Waals surface area contributed by atoms with Gasteiger partial charge in [0.1, 0.15) is 41.9 Å². The summed E-state index contributed by atoms with van der Waals surface area (Å²) in [5, 5.41) is 18.0. The van der Waals surface area contributed by atoms with Crippen LogP contribution in [0.4, 0.5) is 5.69 Å². The zero-order chi connectivity index (χ0) is 29.3. The van der Waals surface area contributed by atoms with E-state index in [0.29, 0.717) is 41.7 Å². The maximum atomic E-state index is 12.4. The first-order valence-electron chi connectivity index (χ1n) is 13.2. The second kappa shape index (κ2) is 13.1. The Bertz CT molecular complexity index is 1650. The number of nitro benzene ring substituents is 1. The summed E-state index contributed by atoms with van der Waals surface area (Å²) in [6.45, 7) is 2.74. The summed E-state index contributed by atoms with van der Waals surface area (Å²) >= 11 is 0. The van der Waals surface area contributed by atoms with E-state index in [-0.39, 0.29) is 23.8 Å². The van der Waals surface area contributed by atoms with Crippen molar-refractivity contribution in [2.24, 2.45) is 0 Å². The molecule has 0 aliphatic heterocycles. The fourth-order valence-electron chi connectivity index (χ4n) is 4.08. The first kappa shape index (κ1) is 27.9. The van der Waals surface area contributed by atoms with Gasteiger partial charge in [-0.15, -0.1) is 0 Å². The fraction of sp³-hybridized carbons (Fsp3) is 0.125. The Balaban J connectivity index is 1.58. The number of non-ortho nitro benzene ring substituents is 1. The lowest BCUT2D eigenvalue weighted by Gasteiger charge is -2.17. The van der Waals surface area contributed by atoms with Gasteiger partial charge in [-0.1, -0.05) is 65.8 Å². The van der Waals surface area contributed by atoms with E-state index < -0.39 is 10.8 Å². The number of carbonyl (C=O) groups is 1. The van der Waals surface area contributed by atoms with E-state index in [0.717, 1.165) is 11.1 Å². The summed E-state index contributed by atoms with van der Waals surface area (Å²) in [6, 6.07) is 29.9. The van der Waals surface area contributed by atoms with Crippen molar-refractivity contribution >= 4 is 11.6 Å². The van der Waals surface area contributed by atoms with Gasteiger partial charge in [0.25, 0.3) is 11.6 Å². The molecule has 5 rings (SSSR count). The zero-order valence-corrected chi connectivity index (χ0v) is 22.7. The van der Waals surface area contributed by atoms with Crippen molar-refractivity contribution in [3.05, 3.63) is 130 Å². The number of rotatable bonds is 12. The minimum absolute atomic E-state index is 0.0200. The van der Waals surface area contributed by atoms with Crippen molar-refractivity contribution < 1.29 is 28.5 Å². The van der Waals surface area contributed by atoms with Crippen molar-refractivity contribution in [3.63, 3.8) is 0 Å². The van der Waals surface area contributed by atoms with Crippen LogP contribution >= 0.6 is 0 Å². The maximum absolute atomic E-state index is 12.4. The monoisotopic (exact) mass is 565 g/mol. The van der Waals surface area contributed by atoms with Gasteiger partial charge >= 0.3 is 0 Å². The molecule has 1 N–H and O–H groups in total. The highest BCUT2D eigenvalue weighted by Gasteiger charge is 2.23.